The Bertz CT molecular complexity index is 484. The summed E-state index contributed by atoms with van der Waals surface area (Å²) in [5.74, 6) is -1.16. The molecule has 4 heteroatoms. The standard InChI is InChI=1S/C15H19NO3/c1-2-10-5-3-4-6-13(10)14(17)16-12-8-7-11(9-12)15(18)19/h3-6,11-12H,2,7-9H2,1H3,(H,16,17)(H,18,19)/t11-,12+/m1/s1. The van der Waals surface area contributed by atoms with Gasteiger partial charge < -0.3 is 10.4 Å². The van der Waals surface area contributed by atoms with Crippen molar-refractivity contribution in [2.45, 2.75) is 38.6 Å². The molecule has 1 amide bonds. The quantitative estimate of drug-likeness (QED) is 0.873. The highest BCUT2D eigenvalue weighted by molar-refractivity contribution is 5.95. The van der Waals surface area contributed by atoms with E-state index in [0.717, 1.165) is 18.4 Å². The van der Waals surface area contributed by atoms with Crippen molar-refractivity contribution < 1.29 is 14.7 Å². The third kappa shape index (κ3) is 3.13. The summed E-state index contributed by atoms with van der Waals surface area (Å²) in [5, 5.41) is 11.9. The van der Waals surface area contributed by atoms with Crippen LogP contribution >= 0.6 is 0 Å². The minimum atomic E-state index is -0.759. The number of benzene rings is 1. The third-order valence-corrected chi connectivity index (χ3v) is 3.76. The van der Waals surface area contributed by atoms with Crippen molar-refractivity contribution >= 4 is 11.9 Å². The molecular formula is C15H19NO3. The zero-order valence-corrected chi connectivity index (χ0v) is 11.1. The summed E-state index contributed by atoms with van der Waals surface area (Å²) >= 11 is 0. The first kappa shape index (κ1) is 13.6. The number of aryl methyl sites for hydroxylation is 1. The minimum Gasteiger partial charge on any atom is -0.481 e. The van der Waals surface area contributed by atoms with Gasteiger partial charge in [-0.25, -0.2) is 0 Å². The van der Waals surface area contributed by atoms with E-state index in [1.165, 1.54) is 0 Å². The lowest BCUT2D eigenvalue weighted by molar-refractivity contribution is -0.141. The SMILES string of the molecule is CCc1ccccc1C(=O)N[C@H]1CC[C@@H](C(=O)O)C1. The zero-order valence-electron chi connectivity index (χ0n) is 11.1. The number of hydrogen-bond acceptors (Lipinski definition) is 2. The van der Waals surface area contributed by atoms with E-state index >= 15 is 0 Å². The molecule has 0 radical (unpaired) electrons. The molecule has 1 fully saturated rings. The van der Waals surface area contributed by atoms with Crippen LogP contribution in [0.5, 0.6) is 0 Å². The molecule has 0 heterocycles. The number of hydrogen-bond donors (Lipinski definition) is 2. The van der Waals surface area contributed by atoms with Gasteiger partial charge in [0.25, 0.3) is 5.91 Å². The van der Waals surface area contributed by atoms with Crippen molar-refractivity contribution in [3.63, 3.8) is 0 Å². The van der Waals surface area contributed by atoms with Gasteiger partial charge in [-0.15, -0.1) is 0 Å². The van der Waals surface area contributed by atoms with Gasteiger partial charge in [0.2, 0.25) is 0 Å². The van der Waals surface area contributed by atoms with Gasteiger partial charge in [-0.2, -0.15) is 0 Å². The fourth-order valence-electron chi connectivity index (χ4n) is 2.65. The van der Waals surface area contributed by atoms with E-state index in [1.807, 2.05) is 31.2 Å². The molecule has 1 saturated carbocycles. The van der Waals surface area contributed by atoms with E-state index < -0.39 is 5.97 Å². The molecule has 1 aromatic rings. The highest BCUT2D eigenvalue weighted by atomic mass is 16.4. The van der Waals surface area contributed by atoms with Crippen molar-refractivity contribution in [1.82, 2.24) is 5.32 Å². The summed E-state index contributed by atoms with van der Waals surface area (Å²) < 4.78 is 0. The predicted octanol–water partition coefficient (Wildman–Crippen LogP) is 2.23. The maximum Gasteiger partial charge on any atom is 0.306 e. The first-order valence-electron chi connectivity index (χ1n) is 6.73. The maximum atomic E-state index is 12.2. The second-order valence-electron chi connectivity index (χ2n) is 5.03. The number of rotatable bonds is 4. The van der Waals surface area contributed by atoms with Crippen LogP contribution < -0.4 is 5.32 Å². The van der Waals surface area contributed by atoms with Crippen LogP contribution in [-0.4, -0.2) is 23.0 Å². The Balaban J connectivity index is 2.00. The molecule has 2 N–H and O–H groups in total. The number of carbonyl (C=O) groups is 2. The lowest BCUT2D eigenvalue weighted by Crippen LogP contribution is -2.33. The van der Waals surface area contributed by atoms with Crippen LogP contribution in [0.4, 0.5) is 0 Å². The first-order chi connectivity index (χ1) is 9.11. The molecule has 0 bridgehead atoms. The number of nitrogens with one attached hydrogen (secondary N) is 1. The van der Waals surface area contributed by atoms with Crippen LogP contribution in [0.1, 0.15) is 42.1 Å². The lowest BCUT2D eigenvalue weighted by atomic mass is 10.0. The van der Waals surface area contributed by atoms with Gasteiger partial charge in [0.15, 0.2) is 0 Å². The Labute approximate surface area is 112 Å². The smallest absolute Gasteiger partial charge is 0.306 e. The van der Waals surface area contributed by atoms with E-state index in [4.69, 9.17) is 5.11 Å². The number of aliphatic carboxylic acids is 1. The normalized spacial score (nSPS) is 22.2. The molecule has 2 atom stereocenters. The fourth-order valence-corrected chi connectivity index (χ4v) is 2.65. The first-order valence-corrected chi connectivity index (χ1v) is 6.73. The molecular weight excluding hydrogens is 242 g/mol. The largest absolute Gasteiger partial charge is 0.481 e. The van der Waals surface area contributed by atoms with Crippen molar-refractivity contribution in [2.75, 3.05) is 0 Å². The topological polar surface area (TPSA) is 66.4 Å². The van der Waals surface area contributed by atoms with Crippen LogP contribution in [0.25, 0.3) is 0 Å². The van der Waals surface area contributed by atoms with Gasteiger partial charge in [-0.1, -0.05) is 25.1 Å². The van der Waals surface area contributed by atoms with Gasteiger partial charge in [-0.3, -0.25) is 9.59 Å². The predicted molar refractivity (Wildman–Crippen MR) is 72.1 cm³/mol. The molecule has 0 unspecified atom stereocenters. The molecule has 0 aliphatic heterocycles. The molecule has 2 rings (SSSR count). The van der Waals surface area contributed by atoms with E-state index in [2.05, 4.69) is 5.32 Å². The summed E-state index contributed by atoms with van der Waals surface area (Å²) in [4.78, 5) is 23.1. The van der Waals surface area contributed by atoms with Crippen LogP contribution in [-0.2, 0) is 11.2 Å². The molecule has 102 valence electrons. The van der Waals surface area contributed by atoms with Crippen molar-refractivity contribution in [3.8, 4) is 0 Å². The second kappa shape index (κ2) is 5.87. The van der Waals surface area contributed by atoms with Crippen molar-refractivity contribution in [1.29, 1.82) is 0 Å². The summed E-state index contributed by atoms with van der Waals surface area (Å²) in [6, 6.07) is 7.52. The molecule has 1 aliphatic carbocycles. The lowest BCUT2D eigenvalue weighted by Gasteiger charge is -2.14. The Morgan fingerprint density at radius 1 is 1.32 bits per heavy atom. The minimum absolute atomic E-state index is 0.0153. The van der Waals surface area contributed by atoms with Crippen LogP contribution in [0.15, 0.2) is 24.3 Å². The Morgan fingerprint density at radius 3 is 2.68 bits per heavy atom. The van der Waals surface area contributed by atoms with Gasteiger partial charge >= 0.3 is 5.97 Å². The fraction of sp³-hybridized carbons (Fsp3) is 0.467. The van der Waals surface area contributed by atoms with Crippen LogP contribution in [0.3, 0.4) is 0 Å². The van der Waals surface area contributed by atoms with Gasteiger partial charge in [0.1, 0.15) is 0 Å². The molecule has 0 spiro atoms. The van der Waals surface area contributed by atoms with Crippen LogP contribution in [0.2, 0.25) is 0 Å². The van der Waals surface area contributed by atoms with Crippen LogP contribution in [0, 0.1) is 5.92 Å². The Kier molecular flexibility index (Phi) is 4.20. The van der Waals surface area contributed by atoms with Gasteiger partial charge in [0, 0.05) is 11.6 Å². The number of carboxylic acids is 1. The van der Waals surface area contributed by atoms with E-state index in [-0.39, 0.29) is 17.9 Å². The second-order valence-corrected chi connectivity index (χ2v) is 5.03. The van der Waals surface area contributed by atoms with Gasteiger partial charge in [0.05, 0.1) is 5.92 Å². The average molecular weight is 261 g/mol. The molecule has 0 aromatic heterocycles. The number of amides is 1. The summed E-state index contributed by atoms with van der Waals surface area (Å²) in [7, 11) is 0. The highest BCUT2D eigenvalue weighted by Gasteiger charge is 2.30. The monoisotopic (exact) mass is 261 g/mol. The number of carbonyl (C=O) groups excluding carboxylic acids is 1. The molecule has 1 aliphatic rings. The Hall–Kier alpha value is -1.84. The Morgan fingerprint density at radius 2 is 2.05 bits per heavy atom. The van der Waals surface area contributed by atoms with E-state index in [0.29, 0.717) is 18.4 Å². The summed E-state index contributed by atoms with van der Waals surface area (Å²) in [6.45, 7) is 2.02. The molecule has 4 nitrogen and oxygen atoms in total. The van der Waals surface area contributed by atoms with Crippen molar-refractivity contribution in [2.24, 2.45) is 5.92 Å². The van der Waals surface area contributed by atoms with E-state index in [9.17, 15) is 9.59 Å². The van der Waals surface area contributed by atoms with Gasteiger partial charge in [-0.05, 0) is 37.3 Å². The summed E-state index contributed by atoms with van der Waals surface area (Å²) in [5.41, 5.74) is 1.72. The molecule has 0 saturated heterocycles. The number of carboxylic acid groups (broad SMARTS) is 1. The molecule has 1 aromatic carbocycles. The third-order valence-electron chi connectivity index (χ3n) is 3.76. The zero-order chi connectivity index (χ0) is 13.8. The molecule has 19 heavy (non-hydrogen) atoms. The maximum absolute atomic E-state index is 12.2. The average Bonchev–Trinajstić information content (AvgIpc) is 2.87. The van der Waals surface area contributed by atoms with Crippen molar-refractivity contribution in [3.05, 3.63) is 35.4 Å². The summed E-state index contributed by atoms with van der Waals surface area (Å²) in [6.07, 6.45) is 2.74. The van der Waals surface area contributed by atoms with E-state index in [1.54, 1.807) is 0 Å². The highest BCUT2D eigenvalue weighted by Crippen LogP contribution is 2.26.